The van der Waals surface area contributed by atoms with Crippen LogP contribution in [0, 0.1) is 12.3 Å². The smallest absolute Gasteiger partial charge is 0.429 e. The zero-order chi connectivity index (χ0) is 27.9. The summed E-state index contributed by atoms with van der Waals surface area (Å²) in [5.74, 6) is -1.43. The van der Waals surface area contributed by atoms with Crippen LogP contribution in [0.3, 0.4) is 0 Å². The van der Waals surface area contributed by atoms with E-state index in [1.165, 1.54) is 28.9 Å². The first kappa shape index (κ1) is 29.6. The van der Waals surface area contributed by atoms with Crippen molar-refractivity contribution in [1.82, 2.24) is 25.1 Å². The van der Waals surface area contributed by atoms with E-state index in [9.17, 15) is 23.1 Å². The summed E-state index contributed by atoms with van der Waals surface area (Å²) in [4.78, 5) is 19.5. The highest BCUT2D eigenvalue weighted by Crippen LogP contribution is 2.45. The van der Waals surface area contributed by atoms with Gasteiger partial charge in [-0.15, -0.1) is 12.4 Å². The molecule has 214 valence electrons. The van der Waals surface area contributed by atoms with E-state index in [1.54, 1.807) is 19.2 Å². The molecular weight excluding hydrogens is 572 g/mol. The molecule has 2 aromatic heterocycles. The summed E-state index contributed by atoms with van der Waals surface area (Å²) in [5, 5.41) is 16.8. The number of aromatic nitrogens is 4. The molecule has 1 fully saturated rings. The number of nitrogens with two attached hydrogens (primary N) is 1. The second kappa shape index (κ2) is 11.3. The molecule has 4 N–H and O–H groups in total. The minimum atomic E-state index is -4.81. The summed E-state index contributed by atoms with van der Waals surface area (Å²) in [6.07, 6.45) is -1.32. The van der Waals surface area contributed by atoms with E-state index in [2.05, 4.69) is 20.4 Å². The lowest BCUT2D eigenvalue weighted by molar-refractivity contribution is -0.198. The van der Waals surface area contributed by atoms with Gasteiger partial charge >= 0.3 is 12.1 Å². The van der Waals surface area contributed by atoms with Crippen LogP contribution < -0.4 is 15.8 Å². The van der Waals surface area contributed by atoms with Gasteiger partial charge in [0.05, 0.1) is 17.1 Å². The molecule has 0 bridgehead atoms. The molecule has 0 unspecified atom stereocenters. The minimum Gasteiger partial charge on any atom is -0.480 e. The maximum Gasteiger partial charge on any atom is 0.429 e. The van der Waals surface area contributed by atoms with Gasteiger partial charge in [-0.3, -0.25) is 4.79 Å². The zero-order valence-corrected chi connectivity index (χ0v) is 22.9. The van der Waals surface area contributed by atoms with E-state index in [0.29, 0.717) is 43.6 Å². The number of anilines is 1. The van der Waals surface area contributed by atoms with Gasteiger partial charge in [0.1, 0.15) is 6.04 Å². The van der Waals surface area contributed by atoms with Crippen LogP contribution in [0.5, 0.6) is 5.88 Å². The predicted octanol–water partition coefficient (Wildman–Crippen LogP) is 5.31. The first-order valence-electron chi connectivity index (χ1n) is 12.3. The number of carbonyl (C=O) groups is 1. The largest absolute Gasteiger partial charge is 0.480 e. The number of ether oxygens (including phenoxy) is 1. The molecule has 0 radical (unpaired) electrons. The van der Waals surface area contributed by atoms with Crippen molar-refractivity contribution in [3.8, 4) is 11.6 Å². The maximum atomic E-state index is 14.4. The monoisotopic (exact) mass is 598 g/mol. The van der Waals surface area contributed by atoms with Gasteiger partial charge in [-0.1, -0.05) is 23.7 Å². The van der Waals surface area contributed by atoms with Gasteiger partial charge < -0.3 is 20.9 Å². The lowest BCUT2D eigenvalue weighted by Gasteiger charge is -2.31. The normalized spacial score (nSPS) is 21.5. The highest BCUT2D eigenvalue weighted by Gasteiger charge is 2.45. The van der Waals surface area contributed by atoms with Crippen molar-refractivity contribution >= 4 is 41.5 Å². The first-order valence-corrected chi connectivity index (χ1v) is 12.7. The Balaban J connectivity index is 0.00000370. The van der Waals surface area contributed by atoms with Crippen molar-refractivity contribution in [3.63, 3.8) is 0 Å². The predicted molar refractivity (Wildman–Crippen MR) is 145 cm³/mol. The van der Waals surface area contributed by atoms with E-state index >= 15 is 0 Å². The standard InChI is InChI=1S/C26H26ClF3N6O3.ClH/c1-14-6-9-36(35-14)20-10-16(27)2-3-17(20)22(26(28,29)30)39-21-11-18(33-24(31)34-21)15-4-7-25(8-5-15)12-19(23(37)38)32-13-25;/h2-4,6,9-11,19,22,32H,5,7-8,12-13H2,1H3,(H,37,38)(H2,31,33,34);1H/t19-,22-,25-;/m1./s1. The number of carboxylic acid groups (broad SMARTS) is 1. The number of nitrogen functional groups attached to an aromatic ring is 1. The van der Waals surface area contributed by atoms with Crippen molar-refractivity contribution in [2.75, 3.05) is 12.3 Å². The van der Waals surface area contributed by atoms with E-state index < -0.39 is 24.3 Å². The third-order valence-electron chi connectivity index (χ3n) is 7.19. The Morgan fingerprint density at radius 1 is 1.30 bits per heavy atom. The SMILES string of the molecule is Cc1ccn(-c2cc(Cl)ccc2[C@@H](Oc2cc(C3=CC[C@]4(CC3)CN[C@@H](C(=O)O)C4)nc(N)n2)C(F)(F)F)n1.Cl. The van der Waals surface area contributed by atoms with Crippen molar-refractivity contribution < 1.29 is 27.8 Å². The number of aryl methyl sites for hydroxylation is 1. The Morgan fingerprint density at radius 2 is 2.08 bits per heavy atom. The average molecular weight is 599 g/mol. The molecule has 9 nitrogen and oxygen atoms in total. The fourth-order valence-electron chi connectivity index (χ4n) is 5.20. The maximum absolute atomic E-state index is 14.4. The number of halogens is 5. The summed E-state index contributed by atoms with van der Waals surface area (Å²) >= 11 is 6.11. The van der Waals surface area contributed by atoms with E-state index in [0.717, 1.165) is 5.57 Å². The Hall–Kier alpha value is -3.35. The molecule has 0 amide bonds. The number of nitrogens with zero attached hydrogens (tertiary/aromatic N) is 4. The fourth-order valence-corrected chi connectivity index (χ4v) is 5.36. The van der Waals surface area contributed by atoms with Crippen LogP contribution in [0.2, 0.25) is 5.02 Å². The van der Waals surface area contributed by atoms with Gasteiger partial charge in [0.15, 0.2) is 0 Å². The summed E-state index contributed by atoms with van der Waals surface area (Å²) in [7, 11) is 0. The topological polar surface area (TPSA) is 128 Å². The average Bonchev–Trinajstić information content (AvgIpc) is 3.49. The number of rotatable bonds is 6. The Morgan fingerprint density at radius 3 is 2.67 bits per heavy atom. The zero-order valence-electron chi connectivity index (χ0n) is 21.3. The summed E-state index contributed by atoms with van der Waals surface area (Å²) in [6.45, 7) is 2.31. The molecule has 40 heavy (non-hydrogen) atoms. The number of benzene rings is 1. The molecule has 0 saturated carbocycles. The third-order valence-corrected chi connectivity index (χ3v) is 7.43. The van der Waals surface area contributed by atoms with E-state index in [-0.39, 0.29) is 45.9 Å². The van der Waals surface area contributed by atoms with Crippen LogP contribution in [0.15, 0.2) is 42.6 Å². The molecule has 3 aromatic rings. The molecule has 2 aliphatic rings. The summed E-state index contributed by atoms with van der Waals surface area (Å²) in [6, 6.07) is 6.42. The number of aliphatic carboxylic acids is 1. The minimum absolute atomic E-state index is 0. The van der Waals surface area contributed by atoms with Gasteiger partial charge in [0, 0.05) is 29.4 Å². The van der Waals surface area contributed by atoms with Crippen molar-refractivity contribution in [3.05, 3.63) is 64.6 Å². The van der Waals surface area contributed by atoms with E-state index in [4.69, 9.17) is 22.1 Å². The van der Waals surface area contributed by atoms with Crippen LogP contribution >= 0.6 is 24.0 Å². The van der Waals surface area contributed by atoms with Crippen LogP contribution in [0.4, 0.5) is 19.1 Å². The number of carboxylic acids is 1. The Labute approximate surface area is 239 Å². The number of nitrogens with one attached hydrogen (secondary N) is 1. The summed E-state index contributed by atoms with van der Waals surface area (Å²) in [5.41, 5.74) is 7.40. The van der Waals surface area contributed by atoms with Crippen LogP contribution in [-0.2, 0) is 4.79 Å². The lowest BCUT2D eigenvalue weighted by atomic mass is 9.73. The summed E-state index contributed by atoms with van der Waals surface area (Å²) < 4.78 is 49.9. The molecule has 14 heteroatoms. The Bertz CT molecular complexity index is 1450. The van der Waals surface area contributed by atoms with Crippen LogP contribution in [0.1, 0.15) is 48.7 Å². The molecule has 1 aromatic carbocycles. The van der Waals surface area contributed by atoms with E-state index in [1.807, 2.05) is 6.08 Å². The highest BCUT2D eigenvalue weighted by molar-refractivity contribution is 6.30. The van der Waals surface area contributed by atoms with Gasteiger partial charge in [0.2, 0.25) is 17.9 Å². The second-order valence-electron chi connectivity index (χ2n) is 10.0. The number of hydrogen-bond acceptors (Lipinski definition) is 7. The van der Waals surface area contributed by atoms with Gasteiger partial charge in [-0.25, -0.2) is 9.67 Å². The van der Waals surface area contributed by atoms with Crippen molar-refractivity contribution in [2.45, 2.75) is 50.9 Å². The molecule has 3 atom stereocenters. The molecular formula is C26H27Cl2F3N6O3. The number of hydrogen-bond donors (Lipinski definition) is 3. The molecule has 3 heterocycles. The molecule has 1 spiro atoms. The van der Waals surface area contributed by atoms with Gasteiger partial charge in [-0.05, 0) is 61.8 Å². The van der Waals surface area contributed by atoms with Crippen molar-refractivity contribution in [2.24, 2.45) is 5.41 Å². The van der Waals surface area contributed by atoms with Crippen LogP contribution in [0.25, 0.3) is 11.3 Å². The first-order chi connectivity index (χ1) is 18.4. The third kappa shape index (κ3) is 6.18. The van der Waals surface area contributed by atoms with Crippen LogP contribution in [-0.4, -0.2) is 49.6 Å². The fraction of sp³-hybridized carbons (Fsp3) is 0.385. The Kier molecular flexibility index (Phi) is 8.34. The second-order valence-corrected chi connectivity index (χ2v) is 10.4. The highest BCUT2D eigenvalue weighted by atomic mass is 35.5. The number of allylic oxidation sites excluding steroid dienone is 2. The van der Waals surface area contributed by atoms with Gasteiger partial charge in [-0.2, -0.15) is 23.3 Å². The van der Waals surface area contributed by atoms with Gasteiger partial charge in [0.25, 0.3) is 0 Å². The lowest BCUT2D eigenvalue weighted by Crippen LogP contribution is -2.30. The molecule has 1 aliphatic carbocycles. The van der Waals surface area contributed by atoms with Crippen molar-refractivity contribution in [1.29, 1.82) is 0 Å². The molecule has 1 saturated heterocycles. The molecule has 5 rings (SSSR count). The quantitative estimate of drug-likeness (QED) is 0.348. The molecule has 1 aliphatic heterocycles. The number of alkyl halides is 3.